The second-order valence-corrected chi connectivity index (χ2v) is 26.0. The van der Waals surface area contributed by atoms with E-state index >= 15 is 0 Å². The number of rotatable bonds is 63. The molecule has 0 bridgehead atoms. The van der Waals surface area contributed by atoms with Gasteiger partial charge >= 0.3 is 7.82 Å². The number of amides is 1. The quantitative estimate of drug-likeness (QED) is 0.0243. The van der Waals surface area contributed by atoms with Gasteiger partial charge in [-0.3, -0.25) is 13.8 Å². The average molecular weight is 1110 g/mol. The summed E-state index contributed by atoms with van der Waals surface area (Å²) in [6.07, 6.45) is 78.6. The molecular weight excluding hydrogens is 972 g/mol. The Labute approximate surface area is 480 Å². The fraction of sp³-hybridized carbons (Fsp3) is 0.897. The number of likely N-dealkylation sites (N-methyl/N-ethyl adjacent to an activating group) is 1. The molecule has 0 spiro atoms. The summed E-state index contributed by atoms with van der Waals surface area (Å²) in [7, 11) is 1.57. The van der Waals surface area contributed by atoms with E-state index in [0.29, 0.717) is 17.4 Å². The topological polar surface area (TPSA) is 105 Å². The van der Waals surface area contributed by atoms with E-state index in [1.165, 1.54) is 283 Å². The predicted molar refractivity (Wildman–Crippen MR) is 337 cm³/mol. The van der Waals surface area contributed by atoms with Crippen LogP contribution in [0.2, 0.25) is 0 Å². The van der Waals surface area contributed by atoms with Crippen molar-refractivity contribution < 1.29 is 32.9 Å². The molecule has 77 heavy (non-hydrogen) atoms. The van der Waals surface area contributed by atoms with E-state index in [4.69, 9.17) is 9.05 Å². The van der Waals surface area contributed by atoms with E-state index < -0.39 is 20.0 Å². The van der Waals surface area contributed by atoms with Crippen molar-refractivity contribution in [1.82, 2.24) is 5.32 Å². The second-order valence-electron chi connectivity index (χ2n) is 24.5. The number of unbranched alkanes of at least 4 members (excludes halogenated alkanes) is 46. The van der Waals surface area contributed by atoms with E-state index in [0.717, 1.165) is 38.5 Å². The largest absolute Gasteiger partial charge is 0.472 e. The first kappa shape index (κ1) is 75.7. The summed E-state index contributed by atoms with van der Waals surface area (Å²) < 4.78 is 23.8. The second kappa shape index (κ2) is 59.3. The smallest absolute Gasteiger partial charge is 0.387 e. The minimum absolute atomic E-state index is 0.0575. The van der Waals surface area contributed by atoms with Crippen LogP contribution >= 0.6 is 7.82 Å². The summed E-state index contributed by atoms with van der Waals surface area (Å²) in [5.41, 5.74) is 0. The average Bonchev–Trinajstić information content (AvgIpc) is 3.39. The molecule has 0 saturated carbocycles. The molecule has 0 heterocycles. The zero-order valence-electron chi connectivity index (χ0n) is 52.2. The summed E-state index contributed by atoms with van der Waals surface area (Å²) in [5.74, 6) is -0.181. The lowest BCUT2D eigenvalue weighted by atomic mass is 10.0. The first-order valence-electron chi connectivity index (χ1n) is 33.9. The van der Waals surface area contributed by atoms with Gasteiger partial charge < -0.3 is 19.8 Å². The minimum atomic E-state index is -4.36. The van der Waals surface area contributed by atoms with Gasteiger partial charge in [0.05, 0.1) is 39.9 Å². The Balaban J connectivity index is 4.10. The lowest BCUT2D eigenvalue weighted by Crippen LogP contribution is -2.45. The maximum absolute atomic E-state index is 13.0. The van der Waals surface area contributed by atoms with Crippen LogP contribution in [0.1, 0.15) is 341 Å². The molecule has 0 aliphatic carbocycles. The number of nitrogens with one attached hydrogen (secondary N) is 1. The molecule has 1 amide bonds. The first-order valence-corrected chi connectivity index (χ1v) is 35.4. The number of carbonyl (C=O) groups excluding carboxylic acids is 1. The molecule has 0 rings (SSSR count). The van der Waals surface area contributed by atoms with Gasteiger partial charge in [-0.1, -0.05) is 314 Å². The zero-order valence-corrected chi connectivity index (χ0v) is 53.1. The van der Waals surface area contributed by atoms with Crippen molar-refractivity contribution in [3.63, 3.8) is 0 Å². The molecule has 3 N–H and O–H groups in total. The molecule has 3 atom stereocenters. The first-order chi connectivity index (χ1) is 37.5. The minimum Gasteiger partial charge on any atom is -0.387 e. The highest BCUT2D eigenvalue weighted by Gasteiger charge is 2.28. The maximum Gasteiger partial charge on any atom is 0.472 e. The van der Waals surface area contributed by atoms with Crippen LogP contribution in [-0.4, -0.2) is 73.4 Å². The molecule has 0 aliphatic heterocycles. The van der Waals surface area contributed by atoms with Gasteiger partial charge in [0.1, 0.15) is 13.2 Å². The number of aliphatic hydroxyl groups is 1. The van der Waals surface area contributed by atoms with Crippen LogP contribution < -0.4 is 5.32 Å². The van der Waals surface area contributed by atoms with Crippen LogP contribution in [0.5, 0.6) is 0 Å². The van der Waals surface area contributed by atoms with E-state index in [1.54, 1.807) is 6.08 Å². The fourth-order valence-electron chi connectivity index (χ4n) is 10.3. The third-order valence-corrected chi connectivity index (χ3v) is 16.6. The number of phosphoric ester groups is 1. The van der Waals surface area contributed by atoms with Gasteiger partial charge in [-0.25, -0.2) is 4.57 Å². The Kier molecular flexibility index (Phi) is 58.4. The van der Waals surface area contributed by atoms with Crippen molar-refractivity contribution in [3.8, 4) is 0 Å². The van der Waals surface area contributed by atoms with Gasteiger partial charge in [0.25, 0.3) is 0 Å². The highest BCUT2D eigenvalue weighted by molar-refractivity contribution is 7.47. The lowest BCUT2D eigenvalue weighted by Gasteiger charge is -2.25. The number of allylic oxidation sites excluding steroid dienone is 5. The van der Waals surface area contributed by atoms with E-state index in [-0.39, 0.29) is 19.1 Å². The van der Waals surface area contributed by atoms with E-state index in [9.17, 15) is 19.4 Å². The molecular formula is C68H134N2O6P+. The summed E-state index contributed by atoms with van der Waals surface area (Å²) in [4.78, 5) is 23.4. The van der Waals surface area contributed by atoms with Gasteiger partial charge in [0.2, 0.25) is 5.91 Å². The van der Waals surface area contributed by atoms with Crippen LogP contribution in [-0.2, 0) is 18.4 Å². The number of phosphoric acid groups is 1. The molecule has 456 valence electrons. The van der Waals surface area contributed by atoms with Crippen LogP contribution in [0.3, 0.4) is 0 Å². The molecule has 0 aromatic carbocycles. The molecule has 0 radical (unpaired) electrons. The standard InChI is InChI=1S/C68H133N2O6P/c1-6-8-10-12-14-16-18-20-22-24-26-28-30-32-33-34-35-36-38-40-42-44-46-48-50-52-54-56-58-60-62-68(72)69-66(65-76-77(73,74)75-64-63-70(3,4)5)67(71)61-59-57-55-53-51-49-47-45-43-41-39-37-31-29-27-25-23-21-19-17-15-13-11-9-7-2/h32-33,51,53,59,61,66-67,71H,6-31,34-50,52,54-58,60,62-65H2,1-5H3,(H-,69,72,73,74)/p+1/b33-32-,53-51+,61-59+. The summed E-state index contributed by atoms with van der Waals surface area (Å²) in [5, 5.41) is 14.0. The van der Waals surface area contributed by atoms with Crippen LogP contribution in [0, 0.1) is 0 Å². The Hall–Kier alpha value is -1.28. The summed E-state index contributed by atoms with van der Waals surface area (Å²) >= 11 is 0. The van der Waals surface area contributed by atoms with Gasteiger partial charge in [0.15, 0.2) is 0 Å². The van der Waals surface area contributed by atoms with Crippen molar-refractivity contribution in [3.05, 3.63) is 36.5 Å². The highest BCUT2D eigenvalue weighted by Crippen LogP contribution is 2.43. The van der Waals surface area contributed by atoms with Gasteiger partial charge in [-0.05, 0) is 57.8 Å². The molecule has 0 aromatic rings. The number of carbonyl (C=O) groups is 1. The fourth-order valence-corrected chi connectivity index (χ4v) is 11.0. The summed E-state index contributed by atoms with van der Waals surface area (Å²) in [6, 6.07) is -0.864. The van der Waals surface area contributed by atoms with Crippen LogP contribution in [0.4, 0.5) is 0 Å². The molecule has 9 heteroatoms. The number of hydrogen-bond acceptors (Lipinski definition) is 5. The Morgan fingerprint density at radius 1 is 0.429 bits per heavy atom. The highest BCUT2D eigenvalue weighted by atomic mass is 31.2. The monoisotopic (exact) mass is 1110 g/mol. The van der Waals surface area contributed by atoms with E-state index in [1.807, 2.05) is 27.2 Å². The van der Waals surface area contributed by atoms with Crippen molar-refractivity contribution in [2.45, 2.75) is 353 Å². The van der Waals surface area contributed by atoms with Crippen molar-refractivity contribution >= 4 is 13.7 Å². The summed E-state index contributed by atoms with van der Waals surface area (Å²) in [6.45, 7) is 4.85. The van der Waals surface area contributed by atoms with Crippen molar-refractivity contribution in [2.75, 3.05) is 40.9 Å². The normalized spacial score (nSPS) is 13.9. The number of aliphatic hydroxyl groups excluding tert-OH is 1. The zero-order chi connectivity index (χ0) is 56.3. The van der Waals surface area contributed by atoms with Gasteiger partial charge in [-0.15, -0.1) is 0 Å². The Bertz CT molecular complexity index is 1350. The number of quaternary nitrogens is 1. The Morgan fingerprint density at radius 3 is 1.04 bits per heavy atom. The third kappa shape index (κ3) is 62.2. The molecule has 8 nitrogen and oxygen atoms in total. The van der Waals surface area contributed by atoms with E-state index in [2.05, 4.69) is 43.5 Å². The lowest BCUT2D eigenvalue weighted by molar-refractivity contribution is -0.870. The van der Waals surface area contributed by atoms with Gasteiger partial charge in [0, 0.05) is 6.42 Å². The molecule has 0 fully saturated rings. The van der Waals surface area contributed by atoms with Crippen LogP contribution in [0.25, 0.3) is 0 Å². The van der Waals surface area contributed by atoms with Crippen molar-refractivity contribution in [2.24, 2.45) is 0 Å². The maximum atomic E-state index is 13.0. The van der Waals surface area contributed by atoms with Crippen molar-refractivity contribution in [1.29, 1.82) is 0 Å². The Morgan fingerprint density at radius 2 is 0.714 bits per heavy atom. The number of nitrogens with zero attached hydrogens (tertiary/aromatic N) is 1. The molecule has 3 unspecified atom stereocenters. The van der Waals surface area contributed by atoms with Crippen LogP contribution in [0.15, 0.2) is 36.5 Å². The molecule has 0 aliphatic rings. The molecule has 0 aromatic heterocycles. The number of hydrogen-bond donors (Lipinski definition) is 3. The van der Waals surface area contributed by atoms with Gasteiger partial charge in [-0.2, -0.15) is 0 Å². The predicted octanol–water partition coefficient (Wildman–Crippen LogP) is 21.3. The third-order valence-electron chi connectivity index (χ3n) is 15.6. The SMILES string of the molecule is CCCCCCCCCCCCCC/C=C\CCCCCCCCCCCCCCCCC(=O)NC(COP(=O)(O)OCC[N+](C)(C)C)C(O)/C=C/CC/C=C/CCCCCCCCCCCCCCCCCCCCC. The molecule has 0 saturated heterocycles.